The van der Waals surface area contributed by atoms with Crippen LogP contribution in [0.25, 0.3) is 22.7 Å². The second kappa shape index (κ2) is 10.6. The van der Waals surface area contributed by atoms with Gasteiger partial charge in [-0.3, -0.25) is 9.59 Å². The molecule has 2 aromatic heterocycles. The van der Waals surface area contributed by atoms with E-state index in [0.717, 1.165) is 22.3 Å². The number of hydrogen-bond donors (Lipinski definition) is 2. The fraction of sp³-hybridized carbons (Fsp3) is 0.188. The lowest BCUT2D eigenvalue weighted by Gasteiger charge is -2.19. The smallest absolute Gasteiger partial charge is 0.293 e. The average Bonchev–Trinajstić information content (AvgIpc) is 3.47. The molecular formula is C32H31N5O3. The topological polar surface area (TPSA) is 102 Å². The minimum Gasteiger partial charge on any atom is -0.445 e. The van der Waals surface area contributed by atoms with E-state index in [0.29, 0.717) is 28.5 Å². The first kappa shape index (κ1) is 26.6. The third-order valence-electron chi connectivity index (χ3n) is 6.77. The minimum absolute atomic E-state index is 0.0112. The normalized spacial score (nSPS) is 11.3. The summed E-state index contributed by atoms with van der Waals surface area (Å²) in [7, 11) is 1.69. The van der Waals surface area contributed by atoms with E-state index in [4.69, 9.17) is 4.42 Å². The van der Waals surface area contributed by atoms with Crippen LogP contribution in [0.4, 0.5) is 17.2 Å². The Balaban J connectivity index is 1.40. The van der Waals surface area contributed by atoms with Gasteiger partial charge in [-0.05, 0) is 65.9 Å². The number of nitrogens with zero attached hydrogens (tertiary/aromatic N) is 3. The van der Waals surface area contributed by atoms with Crippen molar-refractivity contribution in [2.45, 2.75) is 33.1 Å². The van der Waals surface area contributed by atoms with Gasteiger partial charge in [-0.1, -0.05) is 45.0 Å². The summed E-state index contributed by atoms with van der Waals surface area (Å²) in [5, 5.41) is 6.16. The zero-order valence-electron chi connectivity index (χ0n) is 23.1. The Kier molecular flexibility index (Phi) is 7.09. The summed E-state index contributed by atoms with van der Waals surface area (Å²) in [4.78, 5) is 34.8. The Morgan fingerprint density at radius 3 is 2.35 bits per heavy atom. The maximum absolute atomic E-state index is 13.0. The number of benzene rings is 3. The fourth-order valence-corrected chi connectivity index (χ4v) is 4.38. The van der Waals surface area contributed by atoms with Crippen molar-refractivity contribution >= 4 is 23.1 Å². The highest BCUT2D eigenvalue weighted by molar-refractivity contribution is 6.05. The number of carbonyl (C=O) groups is 1. The third kappa shape index (κ3) is 5.56. The number of aryl methyl sites for hydroxylation is 1. The third-order valence-corrected chi connectivity index (χ3v) is 6.77. The highest BCUT2D eigenvalue weighted by Gasteiger charge is 2.17. The largest absolute Gasteiger partial charge is 0.445 e. The number of amides is 1. The molecule has 0 aliphatic heterocycles. The van der Waals surface area contributed by atoms with E-state index in [1.54, 1.807) is 19.4 Å². The van der Waals surface area contributed by atoms with Crippen LogP contribution in [0.2, 0.25) is 0 Å². The Morgan fingerprint density at radius 1 is 0.975 bits per heavy atom. The number of nitrogens with one attached hydrogen (secondary N) is 2. The predicted molar refractivity (Wildman–Crippen MR) is 158 cm³/mol. The lowest BCUT2D eigenvalue weighted by molar-refractivity contribution is 0.102. The van der Waals surface area contributed by atoms with Gasteiger partial charge in [0.15, 0.2) is 5.82 Å². The molecule has 40 heavy (non-hydrogen) atoms. The Labute approximate surface area is 232 Å². The molecule has 0 fully saturated rings. The summed E-state index contributed by atoms with van der Waals surface area (Å²) in [6, 6.07) is 20.7. The molecule has 202 valence electrons. The van der Waals surface area contributed by atoms with Crippen LogP contribution < -0.4 is 16.2 Å². The zero-order chi connectivity index (χ0) is 28.4. The first-order valence-electron chi connectivity index (χ1n) is 13.0. The van der Waals surface area contributed by atoms with Crippen LogP contribution in [0.3, 0.4) is 0 Å². The van der Waals surface area contributed by atoms with Crippen molar-refractivity contribution in [2.24, 2.45) is 7.05 Å². The van der Waals surface area contributed by atoms with E-state index < -0.39 is 0 Å². The first-order valence-corrected chi connectivity index (χ1v) is 13.0. The monoisotopic (exact) mass is 533 g/mol. The SMILES string of the molecule is Cc1c(NC(=O)c2ccc(C(C)(C)C)cc2)cccc1-c1cn(C)c(=O)c(Nc2ccc(-c3ncco3)cc2)n1. The molecule has 0 aliphatic rings. The van der Waals surface area contributed by atoms with Gasteiger partial charge in [0, 0.05) is 41.3 Å². The van der Waals surface area contributed by atoms with Gasteiger partial charge in [0.05, 0.1) is 11.9 Å². The Morgan fingerprint density at radius 2 is 1.70 bits per heavy atom. The molecule has 0 bridgehead atoms. The number of carbonyl (C=O) groups excluding carboxylic acids is 1. The summed E-state index contributed by atoms with van der Waals surface area (Å²) in [5.74, 6) is 0.522. The number of aromatic nitrogens is 3. The van der Waals surface area contributed by atoms with Crippen molar-refractivity contribution in [1.29, 1.82) is 0 Å². The van der Waals surface area contributed by atoms with Crippen LogP contribution in [0.5, 0.6) is 0 Å². The van der Waals surface area contributed by atoms with E-state index >= 15 is 0 Å². The Bertz CT molecular complexity index is 1710. The molecule has 1 amide bonds. The predicted octanol–water partition coefficient (Wildman–Crippen LogP) is 6.70. The summed E-state index contributed by atoms with van der Waals surface area (Å²) in [6.07, 6.45) is 4.80. The van der Waals surface area contributed by atoms with Gasteiger partial charge in [0.2, 0.25) is 5.89 Å². The van der Waals surface area contributed by atoms with Crippen LogP contribution in [0.15, 0.2) is 94.6 Å². The number of rotatable bonds is 6. The van der Waals surface area contributed by atoms with E-state index in [2.05, 4.69) is 41.4 Å². The maximum atomic E-state index is 13.0. The Hall–Kier alpha value is -4.98. The minimum atomic E-state index is -0.263. The average molecular weight is 534 g/mol. The van der Waals surface area contributed by atoms with Gasteiger partial charge in [0.1, 0.15) is 6.26 Å². The molecule has 2 N–H and O–H groups in total. The van der Waals surface area contributed by atoms with Crippen molar-refractivity contribution in [3.63, 3.8) is 0 Å². The van der Waals surface area contributed by atoms with Crippen LogP contribution in [-0.2, 0) is 12.5 Å². The molecule has 8 nitrogen and oxygen atoms in total. The molecule has 0 atom stereocenters. The molecule has 0 spiro atoms. The highest BCUT2D eigenvalue weighted by atomic mass is 16.3. The van der Waals surface area contributed by atoms with Gasteiger partial charge in [-0.25, -0.2) is 9.97 Å². The van der Waals surface area contributed by atoms with Crippen LogP contribution >= 0.6 is 0 Å². The molecule has 8 heteroatoms. The lowest BCUT2D eigenvalue weighted by Crippen LogP contribution is -2.21. The van der Waals surface area contributed by atoms with Crippen molar-refractivity contribution in [3.8, 4) is 22.7 Å². The quantitative estimate of drug-likeness (QED) is 0.252. The highest BCUT2D eigenvalue weighted by Crippen LogP contribution is 2.29. The second-order valence-corrected chi connectivity index (χ2v) is 10.7. The lowest BCUT2D eigenvalue weighted by atomic mass is 9.86. The van der Waals surface area contributed by atoms with E-state index in [-0.39, 0.29) is 22.7 Å². The molecule has 0 saturated heterocycles. The van der Waals surface area contributed by atoms with Gasteiger partial charge >= 0.3 is 0 Å². The summed E-state index contributed by atoms with van der Waals surface area (Å²) < 4.78 is 6.83. The van der Waals surface area contributed by atoms with Crippen molar-refractivity contribution in [1.82, 2.24) is 14.5 Å². The molecule has 0 saturated carbocycles. The molecule has 3 aromatic carbocycles. The van der Waals surface area contributed by atoms with Crippen LogP contribution in [0, 0.1) is 6.92 Å². The van der Waals surface area contributed by atoms with Crippen LogP contribution in [0.1, 0.15) is 42.3 Å². The summed E-state index contributed by atoms with van der Waals surface area (Å²) >= 11 is 0. The zero-order valence-corrected chi connectivity index (χ0v) is 23.1. The molecule has 5 rings (SSSR count). The van der Waals surface area contributed by atoms with E-state index in [1.165, 1.54) is 10.8 Å². The van der Waals surface area contributed by atoms with E-state index in [9.17, 15) is 9.59 Å². The van der Waals surface area contributed by atoms with Gasteiger partial charge in [0.25, 0.3) is 11.5 Å². The molecule has 0 aliphatic carbocycles. The maximum Gasteiger partial charge on any atom is 0.293 e. The fourth-order valence-electron chi connectivity index (χ4n) is 4.38. The molecule has 5 aromatic rings. The van der Waals surface area contributed by atoms with Crippen molar-refractivity contribution in [3.05, 3.63) is 112 Å². The first-order chi connectivity index (χ1) is 19.1. The van der Waals surface area contributed by atoms with Gasteiger partial charge in [-0.2, -0.15) is 0 Å². The number of anilines is 3. The van der Waals surface area contributed by atoms with Gasteiger partial charge < -0.3 is 19.6 Å². The van der Waals surface area contributed by atoms with Crippen LogP contribution in [-0.4, -0.2) is 20.4 Å². The molecule has 0 radical (unpaired) electrons. The standard InChI is InChI=1S/C32H31N5O3/c1-20-25(7-6-8-26(20)36-29(38)21-9-13-23(14-10-21)32(2,3)4)27-19-37(5)31(39)28(35-27)34-24-15-11-22(12-16-24)30-33-17-18-40-30/h6-19H,1-5H3,(H,34,35)(H,36,38). The second-order valence-electron chi connectivity index (χ2n) is 10.7. The van der Waals surface area contributed by atoms with E-state index in [1.807, 2.05) is 73.7 Å². The summed E-state index contributed by atoms with van der Waals surface area (Å²) in [5.41, 5.74) is 5.94. The number of oxazole rings is 1. The van der Waals surface area contributed by atoms with Crippen molar-refractivity contribution < 1.29 is 9.21 Å². The molecular weight excluding hydrogens is 502 g/mol. The number of hydrogen-bond acceptors (Lipinski definition) is 6. The molecule has 2 heterocycles. The van der Waals surface area contributed by atoms with Gasteiger partial charge in [-0.15, -0.1) is 0 Å². The summed E-state index contributed by atoms with van der Waals surface area (Å²) in [6.45, 7) is 8.35. The van der Waals surface area contributed by atoms with Crippen molar-refractivity contribution in [2.75, 3.05) is 10.6 Å². The molecule has 0 unspecified atom stereocenters.